The highest BCUT2D eigenvalue weighted by Crippen LogP contribution is 2.38. The topological polar surface area (TPSA) is 86.1 Å². The second-order valence-corrected chi connectivity index (χ2v) is 9.16. The van der Waals surface area contributed by atoms with Gasteiger partial charge >= 0.3 is 6.18 Å². The molecule has 0 aliphatic carbocycles. The number of rotatable bonds is 9. The monoisotopic (exact) mass is 524 g/mol. The first-order valence-electron chi connectivity index (χ1n) is 12.6. The summed E-state index contributed by atoms with van der Waals surface area (Å²) in [4.78, 5) is 11.0. The van der Waals surface area contributed by atoms with Gasteiger partial charge in [-0.25, -0.2) is 4.98 Å². The summed E-state index contributed by atoms with van der Waals surface area (Å²) in [5, 5.41) is 16.4. The van der Waals surface area contributed by atoms with Gasteiger partial charge in [-0.2, -0.15) is 18.4 Å². The van der Waals surface area contributed by atoms with Crippen LogP contribution in [0.1, 0.15) is 36.5 Å². The van der Waals surface area contributed by atoms with Crippen LogP contribution in [0.2, 0.25) is 0 Å². The molecule has 0 unspecified atom stereocenters. The highest BCUT2D eigenvalue weighted by molar-refractivity contribution is 5.65. The molecule has 10 heteroatoms. The van der Waals surface area contributed by atoms with E-state index in [0.717, 1.165) is 42.0 Å². The molecule has 2 N–H and O–H groups in total. The van der Waals surface area contributed by atoms with Gasteiger partial charge in [0, 0.05) is 44.1 Å². The maximum Gasteiger partial charge on any atom is 0.416 e. The summed E-state index contributed by atoms with van der Waals surface area (Å²) < 4.78 is 45.1. The molecule has 0 radical (unpaired) electrons. The van der Waals surface area contributed by atoms with E-state index < -0.39 is 11.7 Å². The first kappa shape index (κ1) is 27.4. The molecule has 0 atom stereocenters. The van der Waals surface area contributed by atoms with E-state index in [9.17, 15) is 18.4 Å². The van der Waals surface area contributed by atoms with Crippen molar-refractivity contribution in [3.05, 3.63) is 71.5 Å². The molecule has 200 valence electrons. The molecule has 1 aliphatic heterocycles. The van der Waals surface area contributed by atoms with Crippen molar-refractivity contribution in [1.29, 1.82) is 5.26 Å². The van der Waals surface area contributed by atoms with E-state index in [0.29, 0.717) is 44.1 Å². The van der Waals surface area contributed by atoms with E-state index in [1.54, 1.807) is 6.20 Å². The van der Waals surface area contributed by atoms with Crippen molar-refractivity contribution in [3.8, 4) is 23.2 Å². The van der Waals surface area contributed by atoms with Gasteiger partial charge in [-0.3, -0.25) is 4.98 Å². The molecule has 7 nitrogen and oxygen atoms in total. The van der Waals surface area contributed by atoms with Gasteiger partial charge in [0.1, 0.15) is 6.07 Å². The number of piperidine rings is 1. The Bertz CT molecular complexity index is 1260. The van der Waals surface area contributed by atoms with Crippen LogP contribution >= 0.6 is 0 Å². The zero-order chi connectivity index (χ0) is 27.2. The molecule has 2 aromatic heterocycles. The number of pyridine rings is 2. The maximum absolute atomic E-state index is 13.2. The third-order valence-electron chi connectivity index (χ3n) is 6.88. The molecule has 1 aromatic carbocycles. The summed E-state index contributed by atoms with van der Waals surface area (Å²) >= 11 is 0. The molecule has 0 amide bonds. The average molecular weight is 525 g/mol. The quantitative estimate of drug-likeness (QED) is 0.391. The third-order valence-corrected chi connectivity index (χ3v) is 6.88. The molecule has 1 fully saturated rings. The minimum absolute atomic E-state index is 0.0306. The van der Waals surface area contributed by atoms with Crippen LogP contribution in [0.3, 0.4) is 0 Å². The number of halogens is 3. The van der Waals surface area contributed by atoms with E-state index >= 15 is 0 Å². The molecule has 0 spiro atoms. The number of nitrogens with zero attached hydrogens (tertiary/aromatic N) is 4. The molecule has 4 rings (SSSR count). The maximum atomic E-state index is 13.2. The Morgan fingerprint density at radius 1 is 1.11 bits per heavy atom. The first-order chi connectivity index (χ1) is 18.3. The molecule has 0 saturated carbocycles. The van der Waals surface area contributed by atoms with Crippen LogP contribution in [0.5, 0.6) is 5.88 Å². The average Bonchev–Trinajstić information content (AvgIpc) is 2.93. The lowest BCUT2D eigenvalue weighted by Crippen LogP contribution is -2.52. The zero-order valence-electron chi connectivity index (χ0n) is 21.5. The predicted octanol–water partition coefficient (Wildman–Crippen LogP) is 4.74. The Kier molecular flexibility index (Phi) is 8.49. The minimum Gasteiger partial charge on any atom is -0.477 e. The van der Waals surface area contributed by atoms with Crippen LogP contribution in [-0.2, 0) is 11.7 Å². The van der Waals surface area contributed by atoms with Crippen molar-refractivity contribution < 1.29 is 17.9 Å². The molecular formula is C28H31F3N6O. The number of nitriles is 1. The number of anilines is 1. The zero-order valence-corrected chi connectivity index (χ0v) is 21.5. The fourth-order valence-corrected chi connectivity index (χ4v) is 4.88. The lowest BCUT2D eigenvalue weighted by atomic mass is 9.81. The highest BCUT2D eigenvalue weighted by atomic mass is 19.4. The van der Waals surface area contributed by atoms with E-state index in [2.05, 4.69) is 21.7 Å². The van der Waals surface area contributed by atoms with Crippen LogP contribution in [0, 0.1) is 11.3 Å². The van der Waals surface area contributed by atoms with Gasteiger partial charge in [-0.05, 0) is 68.8 Å². The number of hydrogen-bond acceptors (Lipinski definition) is 7. The number of nitrogens with one attached hydrogen (secondary N) is 2. The lowest BCUT2D eigenvalue weighted by molar-refractivity contribution is -0.137. The van der Waals surface area contributed by atoms with Crippen molar-refractivity contribution in [1.82, 2.24) is 20.6 Å². The molecule has 38 heavy (non-hydrogen) atoms. The van der Waals surface area contributed by atoms with E-state index in [1.807, 2.05) is 49.3 Å². The standard InChI is InChI=1S/C28H31F3N6O/c1-3-38-26-23(5-4-12-34-26)24-8-6-22(19-35-24)27(36-14-13-33-2)10-15-37(16-11-27)25-9-7-21(28(29,30)31)17-20(25)18-32/h4-9,12,17,19,33,36H,3,10-11,13-16H2,1-2H3. The van der Waals surface area contributed by atoms with Crippen molar-refractivity contribution in [2.45, 2.75) is 31.5 Å². The fourth-order valence-electron chi connectivity index (χ4n) is 4.88. The summed E-state index contributed by atoms with van der Waals surface area (Å²) in [7, 11) is 1.89. The number of aromatic nitrogens is 2. The second-order valence-electron chi connectivity index (χ2n) is 9.16. The molecule has 3 aromatic rings. The molecular weight excluding hydrogens is 493 g/mol. The summed E-state index contributed by atoms with van der Waals surface area (Å²) in [6.07, 6.45) is 0.461. The Morgan fingerprint density at radius 2 is 1.89 bits per heavy atom. The molecule has 1 aliphatic rings. The highest BCUT2D eigenvalue weighted by Gasteiger charge is 2.37. The number of benzene rings is 1. The van der Waals surface area contributed by atoms with E-state index in [4.69, 9.17) is 9.72 Å². The Hall–Kier alpha value is -3.68. The van der Waals surface area contributed by atoms with Crippen LogP contribution in [0.4, 0.5) is 18.9 Å². The summed E-state index contributed by atoms with van der Waals surface area (Å²) in [6.45, 7) is 5.08. The van der Waals surface area contributed by atoms with E-state index in [1.165, 1.54) is 6.07 Å². The predicted molar refractivity (Wildman–Crippen MR) is 140 cm³/mol. The van der Waals surface area contributed by atoms with Crippen molar-refractivity contribution in [2.24, 2.45) is 0 Å². The number of alkyl halides is 3. The van der Waals surface area contributed by atoms with Crippen LogP contribution in [0.15, 0.2) is 54.9 Å². The van der Waals surface area contributed by atoms with Gasteiger partial charge in [-0.1, -0.05) is 6.07 Å². The normalized spacial score (nSPS) is 15.2. The van der Waals surface area contributed by atoms with Crippen molar-refractivity contribution in [2.75, 3.05) is 44.7 Å². The van der Waals surface area contributed by atoms with Gasteiger partial charge in [0.05, 0.1) is 34.7 Å². The third kappa shape index (κ3) is 5.90. The first-order valence-corrected chi connectivity index (χ1v) is 12.6. The largest absolute Gasteiger partial charge is 0.477 e. The second kappa shape index (κ2) is 11.8. The Balaban J connectivity index is 1.58. The van der Waals surface area contributed by atoms with Crippen LogP contribution in [-0.4, -0.2) is 49.8 Å². The molecule has 3 heterocycles. The van der Waals surface area contributed by atoms with E-state index in [-0.39, 0.29) is 11.1 Å². The van der Waals surface area contributed by atoms with Crippen LogP contribution < -0.4 is 20.3 Å². The Morgan fingerprint density at radius 3 is 2.53 bits per heavy atom. The number of ether oxygens (including phenoxy) is 1. The smallest absolute Gasteiger partial charge is 0.416 e. The fraction of sp³-hybridized carbons (Fsp3) is 0.393. The van der Waals surface area contributed by atoms with Gasteiger partial charge in [0.25, 0.3) is 0 Å². The minimum atomic E-state index is -4.49. The van der Waals surface area contributed by atoms with Gasteiger partial charge in [0.15, 0.2) is 0 Å². The molecule has 0 bridgehead atoms. The number of hydrogen-bond donors (Lipinski definition) is 2. The van der Waals surface area contributed by atoms with Crippen molar-refractivity contribution in [3.63, 3.8) is 0 Å². The summed E-state index contributed by atoms with van der Waals surface area (Å²) in [5.74, 6) is 0.537. The van der Waals surface area contributed by atoms with Crippen LogP contribution in [0.25, 0.3) is 11.3 Å². The lowest BCUT2D eigenvalue weighted by Gasteiger charge is -2.44. The van der Waals surface area contributed by atoms with Gasteiger partial charge in [0.2, 0.25) is 5.88 Å². The van der Waals surface area contributed by atoms with Crippen molar-refractivity contribution >= 4 is 5.69 Å². The Labute approximate surface area is 220 Å². The SMILES string of the molecule is CCOc1ncccc1-c1ccc(C2(NCCNC)CCN(c3ccc(C(F)(F)F)cc3C#N)CC2)cn1. The summed E-state index contributed by atoms with van der Waals surface area (Å²) in [6, 6.07) is 13.1. The summed E-state index contributed by atoms with van der Waals surface area (Å²) in [5.41, 5.74) is 1.99. The molecule has 1 saturated heterocycles. The van der Waals surface area contributed by atoms with Gasteiger partial charge < -0.3 is 20.3 Å². The number of likely N-dealkylation sites (N-methyl/N-ethyl adjacent to an activating group) is 1. The van der Waals surface area contributed by atoms with Gasteiger partial charge in [-0.15, -0.1) is 0 Å².